The van der Waals surface area contributed by atoms with Crippen LogP contribution in [0.2, 0.25) is 0 Å². The van der Waals surface area contributed by atoms with Gasteiger partial charge in [-0.05, 0) is 37.5 Å². The van der Waals surface area contributed by atoms with Crippen molar-refractivity contribution in [3.05, 3.63) is 65.7 Å². The third-order valence-electron chi connectivity index (χ3n) is 4.78. The van der Waals surface area contributed by atoms with Crippen molar-refractivity contribution in [2.45, 2.75) is 30.2 Å². The van der Waals surface area contributed by atoms with Crippen molar-refractivity contribution in [1.29, 1.82) is 0 Å². The van der Waals surface area contributed by atoms with E-state index in [0.717, 1.165) is 11.1 Å². The van der Waals surface area contributed by atoms with Gasteiger partial charge in [0.15, 0.2) is 0 Å². The quantitative estimate of drug-likeness (QED) is 0.817. The number of benzene rings is 2. The molecular weight excluding hydrogens is 366 g/mol. The number of urea groups is 1. The van der Waals surface area contributed by atoms with Crippen molar-refractivity contribution in [3.63, 3.8) is 0 Å². The lowest BCUT2D eigenvalue weighted by Crippen LogP contribution is -2.54. The average Bonchev–Trinajstić information content (AvgIpc) is 2.64. The molecule has 1 saturated heterocycles. The summed E-state index contributed by atoms with van der Waals surface area (Å²) in [7, 11) is -3.89. The highest BCUT2D eigenvalue weighted by atomic mass is 32.2. The molecule has 3 rings (SSSR count). The molecule has 3 N–H and O–H groups in total. The summed E-state index contributed by atoms with van der Waals surface area (Å²) < 4.78 is 30.2. The van der Waals surface area contributed by atoms with Crippen LogP contribution in [0.5, 0.6) is 0 Å². The minimum absolute atomic E-state index is 0.114. The zero-order chi connectivity index (χ0) is 19.5. The number of nitrogens with two attached hydrogens (primary N) is 1. The normalized spacial score (nSPS) is 17.4. The molecule has 0 atom stereocenters. The molecule has 1 heterocycles. The molecule has 2 aromatic carbocycles. The van der Waals surface area contributed by atoms with Crippen LogP contribution in [-0.4, -0.2) is 32.6 Å². The second-order valence-electron chi connectivity index (χ2n) is 6.71. The topological polar surface area (TPSA) is 102 Å². The Morgan fingerprint density at radius 3 is 2.22 bits per heavy atom. The summed E-state index contributed by atoms with van der Waals surface area (Å²) in [5.74, 6) is 0. The van der Waals surface area contributed by atoms with E-state index in [1.165, 1.54) is 17.2 Å². The van der Waals surface area contributed by atoms with Gasteiger partial charge in [0.2, 0.25) is 0 Å². The van der Waals surface area contributed by atoms with Crippen LogP contribution in [0.25, 0.3) is 0 Å². The molecule has 0 aromatic heterocycles. The number of primary amides is 1. The number of aryl methyl sites for hydroxylation is 1. The molecule has 0 saturated carbocycles. The van der Waals surface area contributed by atoms with Crippen LogP contribution in [0.4, 0.5) is 4.79 Å². The number of nitrogens with zero attached hydrogens (tertiary/aromatic N) is 1. The van der Waals surface area contributed by atoms with E-state index < -0.39 is 21.7 Å². The number of piperidine rings is 1. The fourth-order valence-corrected chi connectivity index (χ4v) is 4.29. The maximum Gasteiger partial charge on any atom is 0.313 e. The Morgan fingerprint density at radius 2 is 1.67 bits per heavy atom. The molecule has 1 aliphatic rings. The fraction of sp³-hybridized carbons (Fsp3) is 0.316. The molecule has 1 fully saturated rings. The van der Waals surface area contributed by atoms with Gasteiger partial charge in [-0.15, -0.1) is 0 Å². The van der Waals surface area contributed by atoms with Gasteiger partial charge in [-0.1, -0.05) is 48.0 Å². The Kier molecular flexibility index (Phi) is 5.50. The second-order valence-corrected chi connectivity index (χ2v) is 8.24. The summed E-state index contributed by atoms with van der Waals surface area (Å²) in [4.78, 5) is 11.7. The van der Waals surface area contributed by atoms with Crippen LogP contribution in [0.15, 0.2) is 59.5 Å². The number of hydrogen-bond acceptors (Lipinski definition) is 5. The van der Waals surface area contributed by atoms with Crippen LogP contribution in [0.3, 0.4) is 0 Å². The maximum absolute atomic E-state index is 12.5. The number of carbonyl (C=O) groups excluding carboxylic acids is 1. The number of hydroxylamine groups is 2. The van der Waals surface area contributed by atoms with E-state index in [9.17, 15) is 13.2 Å². The number of hydrogen-bond donors (Lipinski definition) is 2. The first kappa shape index (κ1) is 19.3. The molecule has 0 aliphatic carbocycles. The smallest absolute Gasteiger partial charge is 0.313 e. The Morgan fingerprint density at radius 1 is 1.07 bits per heavy atom. The summed E-state index contributed by atoms with van der Waals surface area (Å²) in [5, 5.41) is 4.26. The van der Waals surface area contributed by atoms with Crippen LogP contribution < -0.4 is 11.1 Å². The highest BCUT2D eigenvalue weighted by Gasteiger charge is 2.38. The number of nitrogens with one attached hydrogen (secondary N) is 1. The highest BCUT2D eigenvalue weighted by Crippen LogP contribution is 2.33. The van der Waals surface area contributed by atoms with Gasteiger partial charge in [0.1, 0.15) is 0 Å². The molecule has 144 valence electrons. The van der Waals surface area contributed by atoms with Gasteiger partial charge in [0, 0.05) is 13.1 Å². The van der Waals surface area contributed by atoms with Gasteiger partial charge in [0.25, 0.3) is 0 Å². The van der Waals surface area contributed by atoms with Crippen molar-refractivity contribution in [2.24, 2.45) is 5.73 Å². The van der Waals surface area contributed by atoms with Crippen molar-refractivity contribution >= 4 is 16.1 Å². The monoisotopic (exact) mass is 389 g/mol. The Balaban J connectivity index is 1.73. The predicted octanol–water partition coefficient (Wildman–Crippen LogP) is 2.27. The first-order valence-corrected chi connectivity index (χ1v) is 10.1. The largest absolute Gasteiger partial charge is 0.352 e. The standard InChI is InChI=1S/C19H23N3O4S/c1-15-7-9-17(10-8-15)27(24,25)26-22-13-11-19(12-14-22,21-18(20)23)16-5-3-2-4-6-16/h2-10H,11-14H2,1H3,(H3,20,21,23). The second kappa shape index (κ2) is 7.67. The third kappa shape index (κ3) is 4.47. The summed E-state index contributed by atoms with van der Waals surface area (Å²) in [6.07, 6.45) is 0.951. The van der Waals surface area contributed by atoms with E-state index in [2.05, 4.69) is 5.32 Å². The molecule has 27 heavy (non-hydrogen) atoms. The first-order chi connectivity index (χ1) is 12.8. The molecule has 1 aliphatic heterocycles. The zero-order valence-corrected chi connectivity index (χ0v) is 15.9. The number of rotatable bonds is 5. The maximum atomic E-state index is 12.5. The average molecular weight is 389 g/mol. The van der Waals surface area contributed by atoms with E-state index in [0.29, 0.717) is 25.9 Å². The molecular formula is C19H23N3O4S. The first-order valence-electron chi connectivity index (χ1n) is 8.70. The molecule has 0 bridgehead atoms. The van der Waals surface area contributed by atoms with Crippen molar-refractivity contribution in [3.8, 4) is 0 Å². The zero-order valence-electron chi connectivity index (χ0n) is 15.1. The Hall–Kier alpha value is -2.42. The summed E-state index contributed by atoms with van der Waals surface area (Å²) in [6.45, 7) is 2.55. The number of amides is 2. The molecule has 2 amide bonds. The van der Waals surface area contributed by atoms with E-state index >= 15 is 0 Å². The molecule has 7 nitrogen and oxygen atoms in total. The van der Waals surface area contributed by atoms with Crippen molar-refractivity contribution < 1.29 is 17.5 Å². The molecule has 8 heteroatoms. The molecule has 0 unspecified atom stereocenters. The van der Waals surface area contributed by atoms with Crippen molar-refractivity contribution in [1.82, 2.24) is 10.4 Å². The van der Waals surface area contributed by atoms with Gasteiger partial charge in [-0.2, -0.15) is 17.8 Å². The Labute approximate surface area is 159 Å². The SMILES string of the molecule is Cc1ccc(S(=O)(=O)ON2CCC(NC(N)=O)(c3ccccc3)CC2)cc1. The molecule has 0 radical (unpaired) electrons. The molecule has 0 spiro atoms. The lowest BCUT2D eigenvalue weighted by molar-refractivity contribution is -0.0830. The fourth-order valence-electron chi connectivity index (χ4n) is 3.31. The highest BCUT2D eigenvalue weighted by molar-refractivity contribution is 7.86. The van der Waals surface area contributed by atoms with Gasteiger partial charge < -0.3 is 11.1 Å². The third-order valence-corrected chi connectivity index (χ3v) is 6.03. The number of carbonyl (C=O) groups is 1. The van der Waals surface area contributed by atoms with Crippen molar-refractivity contribution in [2.75, 3.05) is 13.1 Å². The summed E-state index contributed by atoms with van der Waals surface area (Å²) in [6, 6.07) is 15.4. The van der Waals surface area contributed by atoms with E-state index in [1.807, 2.05) is 37.3 Å². The minimum atomic E-state index is -3.89. The summed E-state index contributed by atoms with van der Waals surface area (Å²) >= 11 is 0. The van der Waals surface area contributed by atoms with Crippen LogP contribution >= 0.6 is 0 Å². The predicted molar refractivity (Wildman–Crippen MR) is 101 cm³/mol. The molecule has 2 aromatic rings. The lowest BCUT2D eigenvalue weighted by Gasteiger charge is -2.41. The summed E-state index contributed by atoms with van der Waals surface area (Å²) in [5.41, 5.74) is 6.65. The van der Waals surface area contributed by atoms with Gasteiger partial charge in [0.05, 0.1) is 10.4 Å². The van der Waals surface area contributed by atoms with Crippen LogP contribution in [-0.2, 0) is 19.9 Å². The van der Waals surface area contributed by atoms with Crippen LogP contribution in [0.1, 0.15) is 24.0 Å². The van der Waals surface area contributed by atoms with E-state index in [1.54, 1.807) is 12.1 Å². The minimum Gasteiger partial charge on any atom is -0.352 e. The van der Waals surface area contributed by atoms with E-state index in [-0.39, 0.29) is 4.90 Å². The van der Waals surface area contributed by atoms with Gasteiger partial charge in [-0.25, -0.2) is 4.79 Å². The lowest BCUT2D eigenvalue weighted by atomic mass is 9.81. The van der Waals surface area contributed by atoms with E-state index in [4.69, 9.17) is 10.0 Å². The Bertz CT molecular complexity index is 890. The van der Waals surface area contributed by atoms with Gasteiger partial charge in [-0.3, -0.25) is 0 Å². The van der Waals surface area contributed by atoms with Crippen LogP contribution in [0, 0.1) is 6.92 Å². The van der Waals surface area contributed by atoms with Gasteiger partial charge >= 0.3 is 16.1 Å².